The number of methoxy groups -OCH3 is 2. The van der Waals surface area contributed by atoms with E-state index in [4.69, 9.17) is 20.9 Å². The average Bonchev–Trinajstić information content (AvgIpc) is 2.81. The summed E-state index contributed by atoms with van der Waals surface area (Å²) in [6, 6.07) is 14.3. The molecule has 4 N–H and O–H groups in total. The molecule has 164 valence electrons. The third-order valence-electron chi connectivity index (χ3n) is 6.09. The Kier molecular flexibility index (Phi) is 8.08. The van der Waals surface area contributed by atoms with Gasteiger partial charge in [0.2, 0.25) is 0 Å². The number of nitrogens with two attached hydrogens (primary N) is 2. The molecule has 0 unspecified atom stereocenters. The van der Waals surface area contributed by atoms with E-state index >= 15 is 0 Å². The van der Waals surface area contributed by atoms with E-state index in [2.05, 4.69) is 21.9 Å². The first-order valence-electron chi connectivity index (χ1n) is 10.9. The summed E-state index contributed by atoms with van der Waals surface area (Å²) in [5.41, 5.74) is 14.0. The van der Waals surface area contributed by atoms with Crippen LogP contribution in [0.25, 0.3) is 0 Å². The van der Waals surface area contributed by atoms with Crippen molar-refractivity contribution in [1.82, 2.24) is 4.90 Å². The minimum atomic E-state index is 0.681. The second-order valence-electron chi connectivity index (χ2n) is 7.98. The normalized spacial score (nSPS) is 17.7. The number of para-hydroxylation sites is 2. The topological polar surface area (TPSA) is 77.0 Å². The SMILES string of the molecule is COc1cc(N2CCC(N3CCCCC3)CC2)ccc1N.COc1ccccc1N. The van der Waals surface area contributed by atoms with E-state index in [-0.39, 0.29) is 0 Å². The Morgan fingerprint density at radius 3 is 2.00 bits per heavy atom. The summed E-state index contributed by atoms with van der Waals surface area (Å²) in [5.74, 6) is 1.52. The zero-order chi connectivity index (χ0) is 21.3. The molecule has 6 nitrogen and oxygen atoms in total. The second kappa shape index (κ2) is 11.0. The van der Waals surface area contributed by atoms with Gasteiger partial charge in [0.05, 0.1) is 25.6 Å². The highest BCUT2D eigenvalue weighted by Crippen LogP contribution is 2.30. The van der Waals surface area contributed by atoms with Gasteiger partial charge in [-0.05, 0) is 63.0 Å². The molecule has 2 heterocycles. The molecular formula is C24H36N4O2. The Balaban J connectivity index is 0.000000239. The Morgan fingerprint density at radius 2 is 1.40 bits per heavy atom. The van der Waals surface area contributed by atoms with Crippen LogP contribution < -0.4 is 25.8 Å². The van der Waals surface area contributed by atoms with Crippen molar-refractivity contribution in [2.45, 2.75) is 38.1 Å². The van der Waals surface area contributed by atoms with Gasteiger partial charge in [0.15, 0.2) is 0 Å². The van der Waals surface area contributed by atoms with E-state index in [0.29, 0.717) is 11.4 Å². The van der Waals surface area contributed by atoms with Gasteiger partial charge in [0, 0.05) is 30.9 Å². The third-order valence-corrected chi connectivity index (χ3v) is 6.09. The lowest BCUT2D eigenvalue weighted by atomic mass is 9.99. The number of likely N-dealkylation sites (tertiary alicyclic amines) is 1. The van der Waals surface area contributed by atoms with Gasteiger partial charge in [-0.2, -0.15) is 0 Å². The fraction of sp³-hybridized carbons (Fsp3) is 0.500. The minimum Gasteiger partial charge on any atom is -0.495 e. The number of piperidine rings is 2. The number of hydrogen-bond donors (Lipinski definition) is 2. The average molecular weight is 413 g/mol. The number of rotatable bonds is 4. The molecule has 0 aliphatic carbocycles. The summed E-state index contributed by atoms with van der Waals surface area (Å²) < 4.78 is 10.3. The lowest BCUT2D eigenvalue weighted by molar-refractivity contribution is 0.141. The van der Waals surface area contributed by atoms with Gasteiger partial charge in [-0.25, -0.2) is 0 Å². The molecule has 0 amide bonds. The predicted octanol–water partition coefficient (Wildman–Crippen LogP) is 4.01. The van der Waals surface area contributed by atoms with Crippen molar-refractivity contribution < 1.29 is 9.47 Å². The molecule has 0 aromatic heterocycles. The van der Waals surface area contributed by atoms with Gasteiger partial charge in [-0.1, -0.05) is 18.6 Å². The van der Waals surface area contributed by atoms with Gasteiger partial charge in [0.25, 0.3) is 0 Å². The number of anilines is 3. The molecule has 6 heteroatoms. The molecule has 0 atom stereocenters. The summed E-state index contributed by atoms with van der Waals surface area (Å²) >= 11 is 0. The first kappa shape index (κ1) is 22.1. The second-order valence-corrected chi connectivity index (χ2v) is 7.98. The van der Waals surface area contributed by atoms with Crippen molar-refractivity contribution in [2.24, 2.45) is 0 Å². The molecule has 4 rings (SSSR count). The molecule has 0 radical (unpaired) electrons. The van der Waals surface area contributed by atoms with Gasteiger partial charge in [-0.15, -0.1) is 0 Å². The fourth-order valence-electron chi connectivity index (χ4n) is 4.34. The molecule has 2 saturated heterocycles. The smallest absolute Gasteiger partial charge is 0.143 e. The monoisotopic (exact) mass is 412 g/mol. The van der Waals surface area contributed by atoms with Crippen LogP contribution in [0.1, 0.15) is 32.1 Å². The Bertz CT molecular complexity index is 785. The van der Waals surface area contributed by atoms with Crippen molar-refractivity contribution >= 4 is 17.1 Å². The van der Waals surface area contributed by atoms with E-state index in [1.165, 1.54) is 50.9 Å². The van der Waals surface area contributed by atoms with Gasteiger partial charge in [-0.3, -0.25) is 0 Å². The van der Waals surface area contributed by atoms with Crippen LogP contribution in [-0.4, -0.2) is 51.3 Å². The van der Waals surface area contributed by atoms with E-state index < -0.39 is 0 Å². The molecule has 30 heavy (non-hydrogen) atoms. The van der Waals surface area contributed by atoms with Crippen LogP contribution in [0.3, 0.4) is 0 Å². The van der Waals surface area contributed by atoms with E-state index in [1.807, 2.05) is 24.3 Å². The zero-order valence-electron chi connectivity index (χ0n) is 18.3. The molecule has 0 spiro atoms. The quantitative estimate of drug-likeness (QED) is 0.739. The lowest BCUT2D eigenvalue weighted by Crippen LogP contribution is -2.46. The number of hydrogen-bond acceptors (Lipinski definition) is 6. The van der Waals surface area contributed by atoms with Crippen LogP contribution in [0.4, 0.5) is 17.1 Å². The zero-order valence-corrected chi connectivity index (χ0v) is 18.3. The number of benzene rings is 2. The molecule has 2 aromatic carbocycles. The molecular weight excluding hydrogens is 376 g/mol. The summed E-state index contributed by atoms with van der Waals surface area (Å²) in [7, 11) is 3.28. The van der Waals surface area contributed by atoms with E-state index in [0.717, 1.165) is 30.6 Å². The van der Waals surface area contributed by atoms with Crippen LogP contribution in [0.2, 0.25) is 0 Å². The molecule has 0 saturated carbocycles. The van der Waals surface area contributed by atoms with E-state index in [9.17, 15) is 0 Å². The first-order chi connectivity index (χ1) is 14.6. The van der Waals surface area contributed by atoms with Crippen molar-refractivity contribution in [3.8, 4) is 11.5 Å². The van der Waals surface area contributed by atoms with Crippen molar-refractivity contribution in [1.29, 1.82) is 0 Å². The maximum atomic E-state index is 5.90. The van der Waals surface area contributed by atoms with E-state index in [1.54, 1.807) is 20.3 Å². The predicted molar refractivity (Wildman–Crippen MR) is 125 cm³/mol. The van der Waals surface area contributed by atoms with Crippen molar-refractivity contribution in [3.63, 3.8) is 0 Å². The summed E-state index contributed by atoms with van der Waals surface area (Å²) in [4.78, 5) is 5.17. The van der Waals surface area contributed by atoms with Crippen LogP contribution in [0.5, 0.6) is 11.5 Å². The summed E-state index contributed by atoms with van der Waals surface area (Å²) in [6.07, 6.45) is 6.73. The molecule has 2 aliphatic rings. The standard InChI is InChI=1S/C17H27N3O.C7H9NO/c1-21-17-13-15(5-6-16(17)18)20-11-7-14(8-12-20)19-9-3-2-4-10-19;1-9-7-5-3-2-4-6(7)8/h5-6,13-14H,2-4,7-12,18H2,1H3;2-5H,8H2,1H3. The molecule has 0 bridgehead atoms. The van der Waals surface area contributed by atoms with Gasteiger partial charge >= 0.3 is 0 Å². The Morgan fingerprint density at radius 1 is 0.767 bits per heavy atom. The highest BCUT2D eigenvalue weighted by atomic mass is 16.5. The van der Waals surface area contributed by atoms with Crippen LogP contribution >= 0.6 is 0 Å². The Hall–Kier alpha value is -2.60. The number of nitrogens with zero attached hydrogens (tertiary/aromatic N) is 2. The maximum absolute atomic E-state index is 5.90. The van der Waals surface area contributed by atoms with Gasteiger partial charge < -0.3 is 30.7 Å². The molecule has 2 aromatic rings. The Labute approximate surface area is 180 Å². The van der Waals surface area contributed by atoms with Crippen LogP contribution in [-0.2, 0) is 0 Å². The fourth-order valence-corrected chi connectivity index (χ4v) is 4.34. The highest BCUT2D eigenvalue weighted by molar-refractivity contribution is 5.62. The number of ether oxygens (including phenoxy) is 2. The highest BCUT2D eigenvalue weighted by Gasteiger charge is 2.25. The third kappa shape index (κ3) is 5.72. The lowest BCUT2D eigenvalue weighted by Gasteiger charge is -2.41. The summed E-state index contributed by atoms with van der Waals surface area (Å²) in [6.45, 7) is 4.88. The summed E-state index contributed by atoms with van der Waals surface area (Å²) in [5, 5.41) is 0. The van der Waals surface area contributed by atoms with Crippen molar-refractivity contribution in [2.75, 3.05) is 56.8 Å². The minimum absolute atomic E-state index is 0.681. The van der Waals surface area contributed by atoms with Crippen LogP contribution in [0.15, 0.2) is 42.5 Å². The van der Waals surface area contributed by atoms with Crippen LogP contribution in [0, 0.1) is 0 Å². The molecule has 2 fully saturated rings. The van der Waals surface area contributed by atoms with Crippen molar-refractivity contribution in [3.05, 3.63) is 42.5 Å². The largest absolute Gasteiger partial charge is 0.495 e. The van der Waals surface area contributed by atoms with Gasteiger partial charge in [0.1, 0.15) is 11.5 Å². The number of nitrogen functional groups attached to an aromatic ring is 2. The first-order valence-corrected chi connectivity index (χ1v) is 10.9. The maximum Gasteiger partial charge on any atom is 0.143 e. The molecule has 2 aliphatic heterocycles.